The number of nitrogens with one attached hydrogen (secondary N) is 2. The zero-order valence-corrected chi connectivity index (χ0v) is 24.1. The quantitative estimate of drug-likeness (QED) is 0.300. The molecule has 5 rings (SSSR count). The molecule has 1 aliphatic heterocycles. The maximum absolute atomic E-state index is 13.9. The Balaban J connectivity index is 1.37. The van der Waals surface area contributed by atoms with E-state index in [9.17, 15) is 27.2 Å². The van der Waals surface area contributed by atoms with Crippen LogP contribution in [-0.4, -0.2) is 58.7 Å². The van der Waals surface area contributed by atoms with Gasteiger partial charge in [-0.1, -0.05) is 24.3 Å². The van der Waals surface area contributed by atoms with E-state index in [-0.39, 0.29) is 35.9 Å². The number of benzene rings is 2. The molecule has 2 N–H and O–H groups in total. The van der Waals surface area contributed by atoms with Crippen LogP contribution in [0.15, 0.2) is 54.6 Å². The molecule has 2 aliphatic rings. The molecule has 2 atom stereocenters. The molecule has 12 heteroatoms. The topological polar surface area (TPSA) is 96.6 Å². The van der Waals surface area contributed by atoms with E-state index in [0.29, 0.717) is 43.6 Å². The number of alkyl carbamates (subject to hydrolysis) is 1. The number of carbonyl (C=O) groups is 2. The van der Waals surface area contributed by atoms with E-state index in [0.717, 1.165) is 11.3 Å². The molecule has 2 unspecified atom stereocenters. The minimum absolute atomic E-state index is 0.0971. The van der Waals surface area contributed by atoms with Crippen molar-refractivity contribution in [2.24, 2.45) is 5.41 Å². The van der Waals surface area contributed by atoms with Crippen molar-refractivity contribution in [1.82, 2.24) is 20.4 Å². The average molecular weight is 603 g/mol. The summed E-state index contributed by atoms with van der Waals surface area (Å²) < 4.78 is 61.3. The minimum atomic E-state index is -4.80. The molecule has 2 amide bonds. The van der Waals surface area contributed by atoms with Gasteiger partial charge in [0.1, 0.15) is 17.2 Å². The van der Waals surface area contributed by atoms with Crippen LogP contribution in [0.4, 0.5) is 22.4 Å². The van der Waals surface area contributed by atoms with Crippen molar-refractivity contribution in [3.63, 3.8) is 0 Å². The van der Waals surface area contributed by atoms with Crippen molar-refractivity contribution in [3.05, 3.63) is 71.7 Å². The van der Waals surface area contributed by atoms with Gasteiger partial charge >= 0.3 is 12.5 Å². The van der Waals surface area contributed by atoms with Gasteiger partial charge in [0, 0.05) is 42.7 Å². The summed E-state index contributed by atoms with van der Waals surface area (Å²) in [6.07, 6.45) is -3.57. The summed E-state index contributed by atoms with van der Waals surface area (Å²) >= 11 is 0. The number of aromatic amines is 1. The van der Waals surface area contributed by atoms with Gasteiger partial charge in [-0.15, -0.1) is 13.2 Å². The normalized spacial score (nSPS) is 19.9. The van der Waals surface area contributed by atoms with Gasteiger partial charge < -0.3 is 19.7 Å². The molecule has 2 fully saturated rings. The van der Waals surface area contributed by atoms with Crippen LogP contribution in [0.1, 0.15) is 63.1 Å². The lowest BCUT2D eigenvalue weighted by Gasteiger charge is -2.39. The number of hydrogen-bond donors (Lipinski definition) is 2. The van der Waals surface area contributed by atoms with Crippen molar-refractivity contribution in [2.45, 2.75) is 63.8 Å². The Hall–Kier alpha value is -4.09. The maximum atomic E-state index is 13.9. The molecule has 0 radical (unpaired) electrons. The summed E-state index contributed by atoms with van der Waals surface area (Å²) in [6, 6.07) is 13.6. The molecule has 2 aromatic carbocycles. The third kappa shape index (κ3) is 7.66. The molecular formula is C31H34F4N4O4. The Morgan fingerprint density at radius 2 is 1.74 bits per heavy atom. The van der Waals surface area contributed by atoms with E-state index in [4.69, 9.17) is 4.74 Å². The van der Waals surface area contributed by atoms with Crippen LogP contribution in [0.5, 0.6) is 5.75 Å². The molecule has 0 spiro atoms. The monoisotopic (exact) mass is 602 g/mol. The van der Waals surface area contributed by atoms with Crippen LogP contribution in [0, 0.1) is 11.2 Å². The molecule has 1 aromatic heterocycles. The Labute approximate surface area is 246 Å². The zero-order chi connectivity index (χ0) is 31.0. The second kappa shape index (κ2) is 11.5. The average Bonchev–Trinajstić information content (AvgIpc) is 3.56. The maximum Gasteiger partial charge on any atom is 0.573 e. The van der Waals surface area contributed by atoms with Gasteiger partial charge in [-0.3, -0.25) is 9.89 Å². The first-order valence-electron chi connectivity index (χ1n) is 14.1. The molecule has 1 saturated heterocycles. The number of ether oxygens (including phenoxy) is 2. The lowest BCUT2D eigenvalue weighted by Crippen LogP contribution is -2.48. The van der Waals surface area contributed by atoms with Crippen molar-refractivity contribution in [3.8, 4) is 17.0 Å². The lowest BCUT2D eigenvalue weighted by atomic mass is 9.82. The van der Waals surface area contributed by atoms with Gasteiger partial charge in [-0.25, -0.2) is 9.18 Å². The van der Waals surface area contributed by atoms with E-state index in [1.807, 2.05) is 6.07 Å². The summed E-state index contributed by atoms with van der Waals surface area (Å²) in [5, 5.41) is 10.2. The zero-order valence-electron chi connectivity index (χ0n) is 24.1. The second-order valence-electron chi connectivity index (χ2n) is 12.3. The highest BCUT2D eigenvalue weighted by Gasteiger charge is 2.53. The van der Waals surface area contributed by atoms with Gasteiger partial charge in [0.05, 0.1) is 11.1 Å². The fourth-order valence-corrected chi connectivity index (χ4v) is 5.52. The largest absolute Gasteiger partial charge is 0.573 e. The number of nitrogens with zero attached hydrogens (tertiary/aromatic N) is 2. The van der Waals surface area contributed by atoms with Crippen LogP contribution in [0.3, 0.4) is 0 Å². The van der Waals surface area contributed by atoms with Gasteiger partial charge in [-0.2, -0.15) is 5.10 Å². The smallest absolute Gasteiger partial charge is 0.444 e. The molecule has 1 saturated carbocycles. The molecule has 230 valence electrons. The van der Waals surface area contributed by atoms with Crippen LogP contribution >= 0.6 is 0 Å². The number of aromatic nitrogens is 2. The predicted octanol–water partition coefficient (Wildman–Crippen LogP) is 6.52. The van der Waals surface area contributed by atoms with Crippen molar-refractivity contribution >= 4 is 12.0 Å². The van der Waals surface area contributed by atoms with Crippen molar-refractivity contribution < 1.29 is 36.6 Å². The number of H-pyrrole nitrogens is 1. The number of alkyl halides is 3. The molecular weight excluding hydrogens is 568 g/mol. The third-order valence-corrected chi connectivity index (χ3v) is 7.76. The van der Waals surface area contributed by atoms with E-state index < -0.39 is 23.5 Å². The third-order valence-electron chi connectivity index (χ3n) is 7.76. The molecule has 3 aromatic rings. The number of halogens is 4. The molecule has 8 nitrogen and oxygen atoms in total. The van der Waals surface area contributed by atoms with Crippen molar-refractivity contribution in [2.75, 3.05) is 19.6 Å². The number of hydrogen-bond acceptors (Lipinski definition) is 5. The fourth-order valence-electron chi connectivity index (χ4n) is 5.52. The van der Waals surface area contributed by atoms with E-state index in [1.54, 1.807) is 49.9 Å². The Bertz CT molecular complexity index is 1460. The molecule has 0 bridgehead atoms. The highest BCUT2D eigenvalue weighted by Crippen LogP contribution is 2.48. The van der Waals surface area contributed by atoms with Gasteiger partial charge in [0.2, 0.25) is 5.91 Å². The molecule has 2 heterocycles. The van der Waals surface area contributed by atoms with Gasteiger partial charge in [0.15, 0.2) is 0 Å². The first-order valence-corrected chi connectivity index (χ1v) is 14.1. The van der Waals surface area contributed by atoms with E-state index in [1.165, 1.54) is 24.3 Å². The Morgan fingerprint density at radius 3 is 2.37 bits per heavy atom. The first-order chi connectivity index (χ1) is 20.2. The summed E-state index contributed by atoms with van der Waals surface area (Å²) in [5.41, 5.74) is 1.27. The number of amides is 2. The summed E-state index contributed by atoms with van der Waals surface area (Å²) in [6.45, 7) is 6.15. The van der Waals surface area contributed by atoms with Crippen LogP contribution < -0.4 is 10.1 Å². The summed E-state index contributed by atoms with van der Waals surface area (Å²) in [5.74, 6) is -1.18. The SMILES string of the molecule is CC(C)(C)OC(=O)NCC1(C(=O)N2CC(c3ccc(OC(F)(F)F)cc3)CC(c3cc(-c4cccc(F)c4)n[nH]3)C2)CC1. The van der Waals surface area contributed by atoms with Crippen LogP contribution in [-0.2, 0) is 9.53 Å². The minimum Gasteiger partial charge on any atom is -0.444 e. The van der Waals surface area contributed by atoms with Gasteiger partial charge in [-0.05, 0) is 75.9 Å². The van der Waals surface area contributed by atoms with E-state index in [2.05, 4.69) is 20.3 Å². The summed E-state index contributed by atoms with van der Waals surface area (Å²) in [7, 11) is 0. The van der Waals surface area contributed by atoms with Gasteiger partial charge in [0.25, 0.3) is 0 Å². The Morgan fingerprint density at radius 1 is 1.05 bits per heavy atom. The lowest BCUT2D eigenvalue weighted by molar-refractivity contribution is -0.274. The van der Waals surface area contributed by atoms with Crippen LogP contribution in [0.2, 0.25) is 0 Å². The molecule has 1 aliphatic carbocycles. The predicted molar refractivity (Wildman–Crippen MR) is 150 cm³/mol. The second-order valence-corrected chi connectivity index (χ2v) is 12.3. The highest BCUT2D eigenvalue weighted by molar-refractivity contribution is 5.86. The Kier molecular flexibility index (Phi) is 8.15. The van der Waals surface area contributed by atoms with Crippen LogP contribution in [0.25, 0.3) is 11.3 Å². The number of piperidine rings is 1. The van der Waals surface area contributed by atoms with Crippen molar-refractivity contribution in [1.29, 1.82) is 0 Å². The number of likely N-dealkylation sites (tertiary alicyclic amines) is 1. The summed E-state index contributed by atoms with van der Waals surface area (Å²) in [4.78, 5) is 28.0. The fraction of sp³-hybridized carbons (Fsp3) is 0.452. The first kappa shape index (κ1) is 30.4. The highest BCUT2D eigenvalue weighted by atomic mass is 19.4. The molecule has 43 heavy (non-hydrogen) atoms. The number of carbonyl (C=O) groups excluding carboxylic acids is 2. The van der Waals surface area contributed by atoms with E-state index >= 15 is 0 Å². The number of rotatable bonds is 7. The standard InChI is InChI=1S/C31H34F4N4O4/c1-29(2,3)43-28(41)36-18-30(11-12-30)27(40)39-16-21(19-7-9-24(10-8-19)42-31(33,34)35)13-22(17-39)26-15-25(37-38-26)20-5-4-6-23(32)14-20/h4-10,14-15,21-22H,11-13,16-18H2,1-3H3,(H,36,41)(H,37,38).